The molecule has 7 fully saturated rings. The van der Waals surface area contributed by atoms with Crippen molar-refractivity contribution in [1.82, 2.24) is 15.5 Å². The standard InChI is InChI=1S/C44H71N3O4/c1-27(2)28-14-20-44(38(51)46-33-26-30(39(33,3)4)37(50)45-23-17-35(49)47-24-10-11-25-47)22-21-42(8)29(36(28)44)12-13-32-41(7)18-16-34(48)40(5,6)31(41)15-19-43(32,42)9/h28-34,36,48H,1,10-26H2,2-9H3,(H,45,50)(H,46,51)/t28-,29+,30?,31-,32+,33?,34-,36+,41-,42+,43+,44-/m0/s1. The van der Waals surface area contributed by atoms with Gasteiger partial charge < -0.3 is 20.6 Å². The van der Waals surface area contributed by atoms with E-state index in [-0.39, 0.29) is 68.3 Å². The summed E-state index contributed by atoms with van der Waals surface area (Å²) in [5.74, 6) is 2.55. The van der Waals surface area contributed by atoms with Gasteiger partial charge in [0.25, 0.3) is 0 Å². The summed E-state index contributed by atoms with van der Waals surface area (Å²) in [5.41, 5.74) is 1.07. The van der Waals surface area contributed by atoms with Crippen LogP contribution in [0.15, 0.2) is 12.2 Å². The molecule has 12 atom stereocenters. The second-order valence-corrected chi connectivity index (χ2v) is 21.0. The maximum atomic E-state index is 14.9. The van der Waals surface area contributed by atoms with Gasteiger partial charge in [0.05, 0.1) is 11.5 Å². The van der Waals surface area contributed by atoms with Crippen LogP contribution in [-0.2, 0) is 14.4 Å². The molecule has 6 aliphatic carbocycles. The number of fused-ring (bicyclic) bond motifs is 7. The largest absolute Gasteiger partial charge is 0.393 e. The Morgan fingerprint density at radius 3 is 2.18 bits per heavy atom. The first-order valence-electron chi connectivity index (χ1n) is 21.0. The fourth-order valence-corrected chi connectivity index (χ4v) is 15.0. The molecule has 3 amide bonds. The lowest BCUT2D eigenvalue weighted by Crippen LogP contribution is -2.68. The minimum absolute atomic E-state index is 0.0108. The number of carbonyl (C=O) groups is 3. The molecule has 1 aliphatic heterocycles. The second kappa shape index (κ2) is 12.6. The predicted molar refractivity (Wildman–Crippen MR) is 202 cm³/mol. The minimum atomic E-state index is -0.381. The Morgan fingerprint density at radius 2 is 1.51 bits per heavy atom. The molecular formula is C44H71N3O4. The number of hydrogen-bond acceptors (Lipinski definition) is 4. The maximum absolute atomic E-state index is 14.9. The van der Waals surface area contributed by atoms with E-state index in [4.69, 9.17) is 0 Å². The molecule has 7 rings (SSSR count). The highest BCUT2D eigenvalue weighted by Crippen LogP contribution is 2.77. The summed E-state index contributed by atoms with van der Waals surface area (Å²) in [6, 6.07) is -0.0346. The average Bonchev–Trinajstić information content (AvgIpc) is 3.75. The molecule has 51 heavy (non-hydrogen) atoms. The molecule has 3 N–H and O–H groups in total. The van der Waals surface area contributed by atoms with Gasteiger partial charge in [0.2, 0.25) is 17.7 Å². The Kier molecular flexibility index (Phi) is 9.24. The van der Waals surface area contributed by atoms with Gasteiger partial charge in [-0.3, -0.25) is 14.4 Å². The number of aliphatic hydroxyl groups is 1. The molecule has 1 saturated heterocycles. The van der Waals surface area contributed by atoms with Gasteiger partial charge in [-0.25, -0.2) is 0 Å². The first-order chi connectivity index (χ1) is 23.8. The Morgan fingerprint density at radius 1 is 0.804 bits per heavy atom. The molecule has 286 valence electrons. The fourth-order valence-electron chi connectivity index (χ4n) is 15.0. The van der Waals surface area contributed by atoms with Crippen LogP contribution >= 0.6 is 0 Å². The van der Waals surface area contributed by atoms with E-state index in [0.29, 0.717) is 49.0 Å². The zero-order valence-corrected chi connectivity index (χ0v) is 33.5. The van der Waals surface area contributed by atoms with Crippen molar-refractivity contribution in [3.63, 3.8) is 0 Å². The van der Waals surface area contributed by atoms with E-state index in [2.05, 4.69) is 72.6 Å². The Bertz CT molecular complexity index is 1430. The van der Waals surface area contributed by atoms with Crippen LogP contribution in [0.4, 0.5) is 0 Å². The molecule has 6 saturated carbocycles. The summed E-state index contributed by atoms with van der Waals surface area (Å²) in [7, 11) is 0. The molecule has 0 radical (unpaired) electrons. The van der Waals surface area contributed by atoms with Crippen LogP contribution in [0.1, 0.15) is 145 Å². The Hall–Kier alpha value is -1.89. The van der Waals surface area contributed by atoms with Crippen LogP contribution in [0.5, 0.6) is 0 Å². The summed E-state index contributed by atoms with van der Waals surface area (Å²) < 4.78 is 0. The zero-order valence-electron chi connectivity index (χ0n) is 33.5. The van der Waals surface area contributed by atoms with E-state index in [1.54, 1.807) is 0 Å². The van der Waals surface area contributed by atoms with Crippen molar-refractivity contribution in [3.8, 4) is 0 Å². The van der Waals surface area contributed by atoms with Crippen molar-refractivity contribution in [2.24, 2.45) is 68.0 Å². The summed E-state index contributed by atoms with van der Waals surface area (Å²) in [4.78, 5) is 42.6. The molecule has 0 spiro atoms. The second-order valence-electron chi connectivity index (χ2n) is 21.0. The zero-order chi connectivity index (χ0) is 36.9. The molecular weight excluding hydrogens is 635 g/mol. The van der Waals surface area contributed by atoms with E-state index in [9.17, 15) is 19.5 Å². The van der Waals surface area contributed by atoms with Crippen LogP contribution in [0.3, 0.4) is 0 Å². The molecule has 0 aromatic rings. The SMILES string of the molecule is C=C(C)[C@@H]1CC[C@]2(C(=O)NC3CC(C(=O)NCCC(=O)N4CCCC4)C3(C)C)CC[C@]3(C)[C@H](CC[C@@H]4[C@@]5(C)CC[C@H](O)C(C)(C)[C@@H]5CC[C@]43C)[C@@H]12. The normalized spacial score (nSPS) is 46.4. The van der Waals surface area contributed by atoms with Gasteiger partial charge in [-0.1, -0.05) is 60.6 Å². The topological polar surface area (TPSA) is 98.7 Å². The highest BCUT2D eigenvalue weighted by Gasteiger charge is 2.72. The number of rotatable bonds is 7. The lowest BCUT2D eigenvalue weighted by molar-refractivity contribution is -0.246. The van der Waals surface area contributed by atoms with Gasteiger partial charge in [0.15, 0.2) is 0 Å². The predicted octanol–water partition coefficient (Wildman–Crippen LogP) is 7.66. The number of amides is 3. The molecule has 2 unspecified atom stereocenters. The van der Waals surface area contributed by atoms with Crippen molar-refractivity contribution in [2.75, 3.05) is 19.6 Å². The van der Waals surface area contributed by atoms with Gasteiger partial charge >= 0.3 is 0 Å². The Balaban J connectivity index is 1.07. The van der Waals surface area contributed by atoms with Crippen LogP contribution in [0.2, 0.25) is 0 Å². The van der Waals surface area contributed by atoms with Gasteiger partial charge in [-0.15, -0.1) is 0 Å². The van der Waals surface area contributed by atoms with Crippen molar-refractivity contribution >= 4 is 17.7 Å². The number of likely N-dealkylation sites (tertiary alicyclic amines) is 1. The lowest BCUT2D eigenvalue weighted by atomic mass is 9.32. The first kappa shape index (κ1) is 37.4. The van der Waals surface area contributed by atoms with Gasteiger partial charge in [0.1, 0.15) is 0 Å². The lowest BCUT2D eigenvalue weighted by Gasteiger charge is -2.72. The summed E-state index contributed by atoms with van der Waals surface area (Å²) in [6.07, 6.45) is 13.8. The smallest absolute Gasteiger partial charge is 0.226 e. The number of hydrogen-bond donors (Lipinski definition) is 3. The molecule has 7 aliphatic rings. The molecule has 1 heterocycles. The third kappa shape index (κ3) is 5.36. The van der Waals surface area contributed by atoms with E-state index in [1.165, 1.54) is 31.3 Å². The molecule has 0 aromatic carbocycles. The summed E-state index contributed by atoms with van der Waals surface area (Å²) in [5, 5.41) is 17.8. The average molecular weight is 706 g/mol. The number of carbonyl (C=O) groups excluding carboxylic acids is 3. The van der Waals surface area contributed by atoms with Gasteiger partial charge in [0, 0.05) is 38.0 Å². The summed E-state index contributed by atoms with van der Waals surface area (Å²) in [6.45, 7) is 25.6. The molecule has 7 nitrogen and oxygen atoms in total. The fraction of sp³-hybridized carbons (Fsp3) is 0.886. The highest BCUT2D eigenvalue weighted by atomic mass is 16.3. The minimum Gasteiger partial charge on any atom is -0.393 e. The van der Waals surface area contributed by atoms with E-state index in [1.807, 2.05) is 4.90 Å². The molecule has 0 bridgehead atoms. The maximum Gasteiger partial charge on any atom is 0.226 e. The van der Waals surface area contributed by atoms with Crippen LogP contribution < -0.4 is 10.6 Å². The number of nitrogens with zero attached hydrogens (tertiary/aromatic N) is 1. The van der Waals surface area contributed by atoms with Gasteiger partial charge in [-0.2, -0.15) is 0 Å². The number of aliphatic hydroxyl groups excluding tert-OH is 1. The highest BCUT2D eigenvalue weighted by molar-refractivity contribution is 5.86. The van der Waals surface area contributed by atoms with Gasteiger partial charge in [-0.05, 0) is 147 Å². The third-order valence-electron chi connectivity index (χ3n) is 18.5. The first-order valence-corrected chi connectivity index (χ1v) is 21.0. The monoisotopic (exact) mass is 706 g/mol. The quantitative estimate of drug-likeness (QED) is 0.237. The Labute approximate surface area is 309 Å². The number of allylic oxidation sites excluding steroid dienone is 1. The van der Waals surface area contributed by atoms with Crippen LogP contribution in [0, 0.1) is 68.0 Å². The van der Waals surface area contributed by atoms with Crippen molar-refractivity contribution in [1.29, 1.82) is 0 Å². The van der Waals surface area contributed by atoms with Crippen LogP contribution in [0.25, 0.3) is 0 Å². The number of nitrogens with one attached hydrogen (secondary N) is 2. The van der Waals surface area contributed by atoms with E-state index in [0.717, 1.165) is 64.5 Å². The van der Waals surface area contributed by atoms with Crippen LogP contribution in [-0.4, -0.2) is 59.5 Å². The van der Waals surface area contributed by atoms with Crippen molar-refractivity contribution in [3.05, 3.63) is 12.2 Å². The molecule has 7 heteroatoms. The third-order valence-corrected chi connectivity index (χ3v) is 18.5. The van der Waals surface area contributed by atoms with Crippen molar-refractivity contribution < 1.29 is 19.5 Å². The van der Waals surface area contributed by atoms with E-state index < -0.39 is 0 Å². The van der Waals surface area contributed by atoms with E-state index >= 15 is 0 Å². The van der Waals surface area contributed by atoms with Crippen molar-refractivity contribution in [2.45, 2.75) is 157 Å². The summed E-state index contributed by atoms with van der Waals surface area (Å²) >= 11 is 0. The molecule has 0 aromatic heterocycles.